The fourth-order valence-electron chi connectivity index (χ4n) is 7.15. The second-order valence-corrected chi connectivity index (χ2v) is 9.56. The van der Waals surface area contributed by atoms with Crippen molar-refractivity contribution in [1.29, 1.82) is 0 Å². The summed E-state index contributed by atoms with van der Waals surface area (Å²) in [6, 6.07) is 0. The molecule has 0 spiro atoms. The van der Waals surface area contributed by atoms with Crippen LogP contribution in [0.4, 0.5) is 0 Å². The average Bonchev–Trinajstić information content (AvgIpc) is 2.82. The lowest BCUT2D eigenvalue weighted by Gasteiger charge is -2.59. The lowest BCUT2D eigenvalue weighted by Crippen LogP contribution is -2.57. The van der Waals surface area contributed by atoms with Crippen LogP contribution in [-0.2, 0) is 19.1 Å². The molecule has 0 saturated heterocycles. The number of fused-ring (bicyclic) bond motifs is 5. The quantitative estimate of drug-likeness (QED) is 0.679. The number of hydrogen-bond acceptors (Lipinski definition) is 4. The Bertz CT molecular complexity index is 625. The van der Waals surface area contributed by atoms with Crippen LogP contribution < -0.4 is 0 Å². The van der Waals surface area contributed by atoms with E-state index in [1.54, 1.807) is 0 Å². The monoisotopic (exact) mass is 346 g/mol. The third-order valence-electron chi connectivity index (χ3n) is 8.35. The van der Waals surface area contributed by atoms with Crippen LogP contribution in [-0.4, -0.2) is 23.6 Å². The van der Waals surface area contributed by atoms with Gasteiger partial charge < -0.3 is 4.74 Å². The largest absolute Gasteiger partial charge is 0.463 e. The minimum absolute atomic E-state index is 0.0175. The van der Waals surface area contributed by atoms with Gasteiger partial charge in [-0.3, -0.25) is 14.4 Å². The number of Topliss-reactive ketones (excluding diaryl/α,β-unsaturated/α-hetero) is 2. The van der Waals surface area contributed by atoms with E-state index in [-0.39, 0.29) is 23.4 Å². The van der Waals surface area contributed by atoms with Gasteiger partial charge in [0.25, 0.3) is 0 Å². The molecule has 138 valence electrons. The van der Waals surface area contributed by atoms with Gasteiger partial charge in [0.05, 0.1) is 0 Å². The lowest BCUT2D eigenvalue weighted by molar-refractivity contribution is -0.168. The summed E-state index contributed by atoms with van der Waals surface area (Å²) in [5, 5.41) is 0. The fraction of sp³-hybridized carbons (Fsp3) is 0.857. The summed E-state index contributed by atoms with van der Waals surface area (Å²) in [6.07, 6.45) is 6.97. The van der Waals surface area contributed by atoms with Gasteiger partial charge >= 0.3 is 5.97 Å². The topological polar surface area (TPSA) is 60.4 Å². The number of esters is 1. The van der Waals surface area contributed by atoms with Crippen molar-refractivity contribution in [1.82, 2.24) is 0 Å². The Hall–Kier alpha value is -1.19. The van der Waals surface area contributed by atoms with Crippen molar-refractivity contribution in [2.24, 2.45) is 34.5 Å². The summed E-state index contributed by atoms with van der Waals surface area (Å²) in [7, 11) is 0. The zero-order valence-corrected chi connectivity index (χ0v) is 15.7. The van der Waals surface area contributed by atoms with E-state index in [2.05, 4.69) is 6.92 Å². The summed E-state index contributed by atoms with van der Waals surface area (Å²) >= 11 is 0. The van der Waals surface area contributed by atoms with E-state index < -0.39 is 5.41 Å². The molecule has 4 aliphatic carbocycles. The first kappa shape index (κ1) is 17.2. The Morgan fingerprint density at radius 1 is 1.12 bits per heavy atom. The summed E-state index contributed by atoms with van der Waals surface area (Å²) in [5.41, 5.74) is -0.375. The molecule has 4 aliphatic rings. The number of carbonyl (C=O) groups excluding carboxylic acids is 3. The smallest absolute Gasteiger partial charge is 0.302 e. The fourth-order valence-corrected chi connectivity index (χ4v) is 7.15. The van der Waals surface area contributed by atoms with Gasteiger partial charge in [0.2, 0.25) is 0 Å². The summed E-state index contributed by atoms with van der Waals surface area (Å²) < 4.78 is 5.48. The minimum Gasteiger partial charge on any atom is -0.463 e. The molecule has 4 fully saturated rings. The Morgan fingerprint density at radius 2 is 1.88 bits per heavy atom. The van der Waals surface area contributed by atoms with Crippen LogP contribution >= 0.6 is 0 Å². The van der Waals surface area contributed by atoms with Crippen LogP contribution in [0.3, 0.4) is 0 Å². The van der Waals surface area contributed by atoms with Crippen molar-refractivity contribution >= 4 is 17.5 Å². The first-order chi connectivity index (χ1) is 11.8. The normalized spacial score (nSPS) is 49.2. The number of ketones is 2. The highest BCUT2D eigenvalue weighted by atomic mass is 16.5. The zero-order valence-electron chi connectivity index (χ0n) is 15.7. The minimum atomic E-state index is -0.392. The van der Waals surface area contributed by atoms with E-state index in [1.807, 2.05) is 6.92 Å². The SMILES string of the molecule is CC(=O)O[C@H]1CC[C@]2(C)C3C(=O)C[C@]4(C)C(=O)CCC4C3CC[C@@H]2C1. The van der Waals surface area contributed by atoms with E-state index in [9.17, 15) is 14.4 Å². The van der Waals surface area contributed by atoms with Crippen LogP contribution in [0.25, 0.3) is 0 Å². The van der Waals surface area contributed by atoms with Gasteiger partial charge in [-0.05, 0) is 61.7 Å². The molecule has 0 heterocycles. The van der Waals surface area contributed by atoms with E-state index in [0.717, 1.165) is 38.5 Å². The van der Waals surface area contributed by atoms with Crippen molar-refractivity contribution in [3.63, 3.8) is 0 Å². The molecule has 0 aliphatic heterocycles. The first-order valence-corrected chi connectivity index (χ1v) is 9.99. The summed E-state index contributed by atoms with van der Waals surface area (Å²) in [4.78, 5) is 37.0. The molecule has 4 nitrogen and oxygen atoms in total. The highest BCUT2D eigenvalue weighted by Gasteiger charge is 2.63. The Morgan fingerprint density at radius 3 is 2.60 bits per heavy atom. The van der Waals surface area contributed by atoms with Crippen LogP contribution in [0.2, 0.25) is 0 Å². The van der Waals surface area contributed by atoms with Gasteiger partial charge in [0, 0.05) is 31.1 Å². The maximum absolute atomic E-state index is 13.2. The first-order valence-electron chi connectivity index (χ1n) is 9.99. The molecule has 0 radical (unpaired) electrons. The molecule has 4 rings (SSSR count). The van der Waals surface area contributed by atoms with Crippen LogP contribution in [0.5, 0.6) is 0 Å². The molecule has 4 saturated carbocycles. The maximum atomic E-state index is 13.2. The molecule has 25 heavy (non-hydrogen) atoms. The molecule has 0 aromatic rings. The summed E-state index contributed by atoms with van der Waals surface area (Å²) in [5.74, 6) is 1.78. The van der Waals surface area contributed by atoms with Crippen LogP contribution in [0, 0.1) is 34.5 Å². The molecule has 0 aromatic heterocycles. The van der Waals surface area contributed by atoms with Crippen molar-refractivity contribution in [2.75, 3.05) is 0 Å². The second kappa shape index (κ2) is 5.65. The zero-order chi connectivity index (χ0) is 18.0. The second-order valence-electron chi connectivity index (χ2n) is 9.56. The van der Waals surface area contributed by atoms with Gasteiger partial charge in [0.1, 0.15) is 17.7 Å². The molecule has 0 N–H and O–H groups in total. The summed E-state index contributed by atoms with van der Waals surface area (Å²) in [6.45, 7) is 5.83. The molecule has 0 bridgehead atoms. The lowest BCUT2D eigenvalue weighted by atomic mass is 9.45. The van der Waals surface area contributed by atoms with Gasteiger partial charge in [-0.15, -0.1) is 0 Å². The third-order valence-corrected chi connectivity index (χ3v) is 8.35. The van der Waals surface area contributed by atoms with Crippen molar-refractivity contribution in [2.45, 2.75) is 78.2 Å². The standard InChI is InChI=1S/C21H30O4/c1-12(22)25-14-8-9-20(2)13(10-14)4-5-15-16-6-7-18(24)21(16,3)11-17(23)19(15)20/h13-16,19H,4-11H2,1-3H3/t13-,14+,15?,16?,19?,20+,21+/m1/s1. The Kier molecular flexibility index (Phi) is 3.90. The van der Waals surface area contributed by atoms with E-state index in [0.29, 0.717) is 42.2 Å². The predicted molar refractivity (Wildman–Crippen MR) is 92.7 cm³/mol. The number of hydrogen-bond donors (Lipinski definition) is 0. The molecule has 4 heteroatoms. The van der Waals surface area contributed by atoms with Crippen LogP contribution in [0.15, 0.2) is 0 Å². The Labute approximate surface area is 150 Å². The van der Waals surface area contributed by atoms with E-state index in [1.165, 1.54) is 6.92 Å². The maximum Gasteiger partial charge on any atom is 0.302 e. The molecule has 0 amide bonds. The Balaban J connectivity index is 1.60. The van der Waals surface area contributed by atoms with Crippen LogP contribution in [0.1, 0.15) is 72.1 Å². The number of ether oxygens (including phenoxy) is 1. The van der Waals surface area contributed by atoms with Gasteiger partial charge in [-0.1, -0.05) is 13.8 Å². The van der Waals surface area contributed by atoms with Crippen molar-refractivity contribution in [3.8, 4) is 0 Å². The molecular weight excluding hydrogens is 316 g/mol. The van der Waals surface area contributed by atoms with E-state index >= 15 is 0 Å². The van der Waals surface area contributed by atoms with Gasteiger partial charge in [0.15, 0.2) is 0 Å². The average molecular weight is 346 g/mol. The van der Waals surface area contributed by atoms with Gasteiger partial charge in [-0.2, -0.15) is 0 Å². The predicted octanol–water partition coefficient (Wildman–Crippen LogP) is 3.71. The van der Waals surface area contributed by atoms with Crippen molar-refractivity contribution < 1.29 is 19.1 Å². The van der Waals surface area contributed by atoms with E-state index in [4.69, 9.17) is 4.74 Å². The highest BCUT2D eigenvalue weighted by Crippen LogP contribution is 2.64. The third kappa shape index (κ3) is 2.43. The molecular formula is C21H30O4. The highest BCUT2D eigenvalue weighted by molar-refractivity contribution is 5.95. The van der Waals surface area contributed by atoms with Crippen molar-refractivity contribution in [3.05, 3.63) is 0 Å². The molecule has 7 atom stereocenters. The molecule has 3 unspecified atom stereocenters. The van der Waals surface area contributed by atoms with Gasteiger partial charge in [-0.25, -0.2) is 0 Å². The number of rotatable bonds is 1. The molecule has 0 aromatic carbocycles. The number of carbonyl (C=O) groups is 3.